The van der Waals surface area contributed by atoms with Gasteiger partial charge in [-0.3, -0.25) is 0 Å². The summed E-state index contributed by atoms with van der Waals surface area (Å²) in [5.74, 6) is -1.92. The van der Waals surface area contributed by atoms with Crippen LogP contribution >= 0.6 is 0 Å². The monoisotopic (exact) mass is 464 g/mol. The number of carbonyl (C=O) groups excluding carboxylic acids is 1. The fraction of sp³-hybridized carbons (Fsp3) is 0.952. The Hall–Kier alpha value is -0.890. The highest BCUT2D eigenvalue weighted by atomic mass is 16.8. The van der Waals surface area contributed by atoms with Gasteiger partial charge in [-0.2, -0.15) is 0 Å². The van der Waals surface area contributed by atoms with E-state index in [1.54, 1.807) is 14.0 Å². The van der Waals surface area contributed by atoms with E-state index >= 15 is 0 Å². The van der Waals surface area contributed by atoms with Crippen LogP contribution < -0.4 is 0 Å². The van der Waals surface area contributed by atoms with Crippen LogP contribution in [0.4, 0.5) is 0 Å². The lowest BCUT2D eigenvalue weighted by Crippen LogP contribution is -2.40. The van der Waals surface area contributed by atoms with E-state index in [4.69, 9.17) is 47.4 Å². The summed E-state index contributed by atoms with van der Waals surface area (Å²) in [6.07, 6.45) is -2.82. The molecule has 2 unspecified atom stereocenters. The van der Waals surface area contributed by atoms with E-state index in [1.807, 2.05) is 27.7 Å². The van der Waals surface area contributed by atoms with Crippen LogP contribution in [0.2, 0.25) is 0 Å². The molecule has 0 aliphatic carbocycles. The molecule has 0 N–H and O–H groups in total. The summed E-state index contributed by atoms with van der Waals surface area (Å²) in [5, 5.41) is 0. The zero-order valence-corrected chi connectivity index (χ0v) is 19.7. The van der Waals surface area contributed by atoms with E-state index in [2.05, 4.69) is 0 Å². The lowest BCUT2D eigenvalue weighted by molar-refractivity contribution is -0.285. The van der Waals surface area contributed by atoms with Gasteiger partial charge in [0, 0.05) is 7.11 Å². The number of methoxy groups -OCH3 is 1. The molecule has 0 aromatic heterocycles. The molecule has 3 heterocycles. The van der Waals surface area contributed by atoms with Crippen molar-refractivity contribution in [3.63, 3.8) is 0 Å². The number of hydrogen-bond acceptors (Lipinski definition) is 11. The van der Waals surface area contributed by atoms with Gasteiger partial charge in [0.1, 0.15) is 37.6 Å². The van der Waals surface area contributed by atoms with Gasteiger partial charge in [-0.1, -0.05) is 0 Å². The molecule has 0 aromatic carbocycles. The molecule has 0 amide bonds. The highest BCUT2D eigenvalue weighted by Gasteiger charge is 2.59. The molecule has 6 atom stereocenters. The Kier molecular flexibility index (Phi) is 8.86. The molecule has 3 aliphatic heterocycles. The largest absolute Gasteiger partial charge is 0.462 e. The van der Waals surface area contributed by atoms with E-state index in [9.17, 15) is 4.79 Å². The van der Waals surface area contributed by atoms with Gasteiger partial charge in [0.05, 0.1) is 26.4 Å². The fourth-order valence-electron chi connectivity index (χ4n) is 3.81. The quantitative estimate of drug-likeness (QED) is 0.234. The predicted octanol–water partition coefficient (Wildman–Crippen LogP) is 0.968. The maximum atomic E-state index is 11.6. The first-order valence-electron chi connectivity index (χ1n) is 10.9. The van der Waals surface area contributed by atoms with Crippen LogP contribution in [-0.4, -0.2) is 101 Å². The zero-order valence-electron chi connectivity index (χ0n) is 19.7. The van der Waals surface area contributed by atoms with Gasteiger partial charge >= 0.3 is 5.97 Å². The summed E-state index contributed by atoms with van der Waals surface area (Å²) in [6, 6.07) is 0. The number of esters is 1. The molecular weight excluding hydrogens is 428 g/mol. The first kappa shape index (κ1) is 25.7. The van der Waals surface area contributed by atoms with Crippen LogP contribution in [0.5, 0.6) is 0 Å². The molecule has 0 radical (unpaired) electrons. The number of carbonyl (C=O) groups is 1. The molecule has 0 spiro atoms. The fourth-order valence-corrected chi connectivity index (χ4v) is 3.81. The Balaban J connectivity index is 1.42. The minimum absolute atomic E-state index is 0.0787. The predicted molar refractivity (Wildman–Crippen MR) is 108 cm³/mol. The maximum Gasteiger partial charge on any atom is 0.332 e. The van der Waals surface area contributed by atoms with Crippen molar-refractivity contribution >= 4 is 5.97 Å². The lowest BCUT2D eigenvalue weighted by atomic mass is 10.1. The van der Waals surface area contributed by atoms with Crippen LogP contribution in [0, 0.1) is 0 Å². The lowest BCUT2D eigenvalue weighted by Gasteiger charge is -2.27. The molecular formula is C21H36O11. The normalized spacial score (nSPS) is 33.9. The number of rotatable bonds is 12. The van der Waals surface area contributed by atoms with Crippen molar-refractivity contribution in [2.75, 3.05) is 46.8 Å². The molecule has 0 saturated carbocycles. The number of hydrogen-bond donors (Lipinski definition) is 0. The van der Waals surface area contributed by atoms with Crippen LogP contribution in [0.15, 0.2) is 0 Å². The van der Waals surface area contributed by atoms with E-state index < -0.39 is 42.3 Å². The summed E-state index contributed by atoms with van der Waals surface area (Å²) < 4.78 is 56.4. The van der Waals surface area contributed by atoms with Gasteiger partial charge in [-0.05, 0) is 34.6 Å². The highest BCUT2D eigenvalue weighted by Crippen LogP contribution is 2.42. The Morgan fingerprint density at radius 2 is 1.72 bits per heavy atom. The van der Waals surface area contributed by atoms with Crippen molar-refractivity contribution in [1.29, 1.82) is 0 Å². The second-order valence-electron chi connectivity index (χ2n) is 8.74. The molecule has 3 fully saturated rings. The molecule has 0 bridgehead atoms. The molecule has 3 aliphatic rings. The van der Waals surface area contributed by atoms with Crippen molar-refractivity contribution in [3.05, 3.63) is 0 Å². The van der Waals surface area contributed by atoms with Crippen LogP contribution in [0.3, 0.4) is 0 Å². The Labute approximate surface area is 188 Å². The SMILES string of the molecule is COCCOCC(=O)OCCOC(C)OC1O[C@H]([C@@H]2COC(C)(C)O2)[C@@H]2OC(C)(C)O[C@H]12. The van der Waals surface area contributed by atoms with Gasteiger partial charge in [-0.25, -0.2) is 4.79 Å². The second-order valence-corrected chi connectivity index (χ2v) is 8.74. The molecule has 0 aromatic rings. The number of ether oxygens (including phenoxy) is 10. The third-order valence-electron chi connectivity index (χ3n) is 5.12. The average molecular weight is 465 g/mol. The molecule has 186 valence electrons. The summed E-state index contributed by atoms with van der Waals surface area (Å²) in [5.41, 5.74) is 0. The van der Waals surface area contributed by atoms with Crippen molar-refractivity contribution < 1.29 is 52.2 Å². The van der Waals surface area contributed by atoms with E-state index in [1.165, 1.54) is 0 Å². The van der Waals surface area contributed by atoms with Crippen molar-refractivity contribution in [2.24, 2.45) is 0 Å². The van der Waals surface area contributed by atoms with Gasteiger partial charge in [-0.15, -0.1) is 0 Å². The van der Waals surface area contributed by atoms with Gasteiger partial charge < -0.3 is 47.4 Å². The molecule has 32 heavy (non-hydrogen) atoms. The third-order valence-corrected chi connectivity index (χ3v) is 5.12. The van der Waals surface area contributed by atoms with Crippen LogP contribution in [0.1, 0.15) is 34.6 Å². The highest BCUT2D eigenvalue weighted by molar-refractivity contribution is 5.70. The summed E-state index contributed by atoms with van der Waals surface area (Å²) in [6.45, 7) is 10.4. The molecule has 11 nitrogen and oxygen atoms in total. The standard InChI is InChI=1S/C21H36O11/c1-13(25-9-10-26-15(22)12-24-8-7-23-6)28-19-18-17(31-21(4,5)32-18)16(29-19)14-11-27-20(2,3)30-14/h13-14,16-19H,7-12H2,1-6H3/t13?,14-,16+,17-,18-,19?/m0/s1. The van der Waals surface area contributed by atoms with Crippen molar-refractivity contribution in [3.8, 4) is 0 Å². The second kappa shape index (κ2) is 11.0. The minimum atomic E-state index is -0.766. The van der Waals surface area contributed by atoms with Gasteiger partial charge in [0.25, 0.3) is 0 Å². The van der Waals surface area contributed by atoms with Crippen LogP contribution in [-0.2, 0) is 52.2 Å². The molecule has 3 rings (SSSR count). The van der Waals surface area contributed by atoms with Crippen molar-refractivity contribution in [2.45, 2.75) is 83.2 Å². The van der Waals surface area contributed by atoms with Crippen molar-refractivity contribution in [1.82, 2.24) is 0 Å². The van der Waals surface area contributed by atoms with Gasteiger partial charge in [0.15, 0.2) is 24.2 Å². The average Bonchev–Trinajstić information content (AvgIpc) is 3.33. The summed E-state index contributed by atoms with van der Waals surface area (Å²) >= 11 is 0. The smallest absolute Gasteiger partial charge is 0.332 e. The van der Waals surface area contributed by atoms with Gasteiger partial charge in [0.2, 0.25) is 0 Å². The summed E-state index contributed by atoms with van der Waals surface area (Å²) in [4.78, 5) is 11.6. The summed E-state index contributed by atoms with van der Waals surface area (Å²) in [7, 11) is 1.56. The Morgan fingerprint density at radius 1 is 0.969 bits per heavy atom. The first-order chi connectivity index (χ1) is 15.1. The Morgan fingerprint density at radius 3 is 2.41 bits per heavy atom. The topological polar surface area (TPSA) is 109 Å². The van der Waals surface area contributed by atoms with E-state index in [0.29, 0.717) is 19.8 Å². The van der Waals surface area contributed by atoms with E-state index in [-0.39, 0.29) is 32.0 Å². The molecule has 11 heteroatoms. The van der Waals surface area contributed by atoms with E-state index in [0.717, 1.165) is 0 Å². The number of fused-ring (bicyclic) bond motifs is 1. The first-order valence-corrected chi connectivity index (χ1v) is 10.9. The Bertz CT molecular complexity index is 611. The van der Waals surface area contributed by atoms with Crippen LogP contribution in [0.25, 0.3) is 0 Å². The minimum Gasteiger partial charge on any atom is -0.462 e. The third kappa shape index (κ3) is 7.05. The maximum absolute atomic E-state index is 11.6. The molecule has 3 saturated heterocycles. The zero-order chi connectivity index (χ0) is 23.4.